The molecule has 0 bridgehead atoms. The summed E-state index contributed by atoms with van der Waals surface area (Å²) < 4.78 is 10.1. The van der Waals surface area contributed by atoms with Gasteiger partial charge in [0.1, 0.15) is 5.75 Å². The second-order valence-corrected chi connectivity index (χ2v) is 4.28. The fourth-order valence-electron chi connectivity index (χ4n) is 1.31. The van der Waals surface area contributed by atoms with Crippen molar-refractivity contribution >= 4 is 22.9 Å². The van der Waals surface area contributed by atoms with Gasteiger partial charge in [-0.25, -0.2) is 4.98 Å². The van der Waals surface area contributed by atoms with E-state index in [9.17, 15) is 0 Å². The lowest BCUT2D eigenvalue weighted by atomic mass is 10.2. The molecule has 0 saturated carbocycles. The lowest BCUT2D eigenvalue weighted by Gasteiger charge is -2.03. The van der Waals surface area contributed by atoms with Crippen LogP contribution in [0.15, 0.2) is 23.6 Å². The van der Waals surface area contributed by atoms with Crippen LogP contribution >= 0.6 is 22.9 Å². The lowest BCUT2D eigenvalue weighted by molar-refractivity contribution is 0.412. The minimum absolute atomic E-state index is 0.576. The third-order valence-electron chi connectivity index (χ3n) is 2.11. The monoisotopic (exact) mass is 255 g/mol. The van der Waals surface area contributed by atoms with Crippen molar-refractivity contribution in [2.75, 3.05) is 14.2 Å². The van der Waals surface area contributed by atoms with Gasteiger partial charge >= 0.3 is 0 Å². The number of nitrogens with zero attached hydrogens (tertiary/aromatic N) is 1. The minimum atomic E-state index is 0.576. The Morgan fingerprint density at radius 2 is 2.06 bits per heavy atom. The molecular weight excluding hydrogens is 246 g/mol. The molecule has 84 valence electrons. The second-order valence-electron chi connectivity index (χ2n) is 3.05. The molecular formula is C11H10ClNO2S. The molecule has 0 aliphatic rings. The molecule has 0 N–H and O–H groups in total. The normalized spacial score (nSPS) is 10.2. The molecule has 0 radical (unpaired) electrons. The van der Waals surface area contributed by atoms with E-state index in [1.54, 1.807) is 14.2 Å². The van der Waals surface area contributed by atoms with E-state index in [1.165, 1.54) is 11.3 Å². The van der Waals surface area contributed by atoms with Crippen molar-refractivity contribution in [2.24, 2.45) is 0 Å². The van der Waals surface area contributed by atoms with Gasteiger partial charge in [-0.2, -0.15) is 0 Å². The molecule has 2 rings (SSSR count). The van der Waals surface area contributed by atoms with Crippen LogP contribution in [-0.4, -0.2) is 19.2 Å². The van der Waals surface area contributed by atoms with Gasteiger partial charge < -0.3 is 9.47 Å². The third-order valence-corrected chi connectivity index (χ3v) is 3.20. The van der Waals surface area contributed by atoms with Gasteiger partial charge in [-0.15, -0.1) is 0 Å². The number of ether oxygens (including phenoxy) is 2. The molecule has 0 fully saturated rings. The van der Waals surface area contributed by atoms with Crippen LogP contribution in [0.25, 0.3) is 11.3 Å². The van der Waals surface area contributed by atoms with E-state index in [0.717, 1.165) is 11.3 Å². The highest BCUT2D eigenvalue weighted by atomic mass is 35.5. The quantitative estimate of drug-likeness (QED) is 0.841. The highest BCUT2D eigenvalue weighted by Gasteiger charge is 2.07. The number of hydrogen-bond donors (Lipinski definition) is 0. The Morgan fingerprint density at radius 1 is 1.25 bits per heavy atom. The van der Waals surface area contributed by atoms with E-state index in [4.69, 9.17) is 21.1 Å². The Kier molecular flexibility index (Phi) is 3.31. The number of rotatable bonds is 3. The number of benzene rings is 1. The zero-order chi connectivity index (χ0) is 11.5. The predicted octanol–water partition coefficient (Wildman–Crippen LogP) is 3.48. The highest BCUT2D eigenvalue weighted by Crippen LogP contribution is 2.32. The Morgan fingerprint density at radius 3 is 2.62 bits per heavy atom. The molecule has 1 aromatic carbocycles. The maximum Gasteiger partial charge on any atom is 0.273 e. The highest BCUT2D eigenvalue weighted by molar-refractivity contribution is 7.11. The molecule has 0 saturated heterocycles. The maximum absolute atomic E-state index is 6.04. The van der Waals surface area contributed by atoms with Crippen LogP contribution in [0.3, 0.4) is 0 Å². The van der Waals surface area contributed by atoms with E-state index in [-0.39, 0.29) is 0 Å². The molecule has 0 atom stereocenters. The third kappa shape index (κ3) is 2.13. The van der Waals surface area contributed by atoms with Gasteiger partial charge in [-0.1, -0.05) is 22.9 Å². The molecule has 0 aliphatic heterocycles. The van der Waals surface area contributed by atoms with Gasteiger partial charge in [0.05, 0.1) is 24.9 Å². The number of hydrogen-bond acceptors (Lipinski definition) is 4. The van der Waals surface area contributed by atoms with Gasteiger partial charge in [0.25, 0.3) is 5.19 Å². The number of thiazole rings is 1. The van der Waals surface area contributed by atoms with Crippen molar-refractivity contribution in [1.82, 2.24) is 4.98 Å². The molecule has 2 aromatic rings. The van der Waals surface area contributed by atoms with E-state index >= 15 is 0 Å². The number of halogens is 1. The van der Waals surface area contributed by atoms with Crippen LogP contribution in [0.1, 0.15) is 0 Å². The molecule has 0 spiro atoms. The summed E-state index contributed by atoms with van der Waals surface area (Å²) in [5.41, 5.74) is 1.80. The first-order chi connectivity index (χ1) is 7.74. The molecule has 0 amide bonds. The molecule has 3 nitrogen and oxygen atoms in total. The molecule has 0 aliphatic carbocycles. The first-order valence-corrected chi connectivity index (χ1v) is 5.84. The summed E-state index contributed by atoms with van der Waals surface area (Å²) in [7, 11) is 3.19. The largest absolute Gasteiger partial charge is 0.495 e. The summed E-state index contributed by atoms with van der Waals surface area (Å²) in [4.78, 5) is 4.29. The van der Waals surface area contributed by atoms with Crippen LogP contribution in [0.5, 0.6) is 10.9 Å². The fourth-order valence-corrected chi connectivity index (χ4v) is 2.22. The standard InChI is InChI=1S/C11H10ClNO2S/c1-14-10-4-3-7(5-8(10)12)9-6-16-11(13-9)15-2/h3-6H,1-2H3. The summed E-state index contributed by atoms with van der Waals surface area (Å²) in [5.74, 6) is 0.660. The molecule has 0 unspecified atom stereocenters. The summed E-state index contributed by atoms with van der Waals surface area (Å²) >= 11 is 7.49. The van der Waals surface area contributed by atoms with E-state index < -0.39 is 0 Å². The van der Waals surface area contributed by atoms with E-state index in [0.29, 0.717) is 16.0 Å². The Labute approximate surface area is 103 Å². The molecule has 5 heteroatoms. The fraction of sp³-hybridized carbons (Fsp3) is 0.182. The van der Waals surface area contributed by atoms with Crippen molar-refractivity contribution in [1.29, 1.82) is 0 Å². The zero-order valence-electron chi connectivity index (χ0n) is 8.86. The first-order valence-electron chi connectivity index (χ1n) is 4.58. The lowest BCUT2D eigenvalue weighted by Crippen LogP contribution is -1.85. The van der Waals surface area contributed by atoms with Crippen LogP contribution < -0.4 is 9.47 Å². The van der Waals surface area contributed by atoms with Crippen molar-refractivity contribution in [3.8, 4) is 22.2 Å². The van der Waals surface area contributed by atoms with Crippen molar-refractivity contribution in [3.05, 3.63) is 28.6 Å². The maximum atomic E-state index is 6.04. The van der Waals surface area contributed by atoms with Crippen molar-refractivity contribution in [2.45, 2.75) is 0 Å². The smallest absolute Gasteiger partial charge is 0.273 e. The Bertz CT molecular complexity index is 498. The van der Waals surface area contributed by atoms with Gasteiger partial charge in [-0.05, 0) is 18.2 Å². The van der Waals surface area contributed by atoms with Crippen LogP contribution in [0.4, 0.5) is 0 Å². The zero-order valence-corrected chi connectivity index (χ0v) is 10.4. The summed E-state index contributed by atoms with van der Waals surface area (Å²) in [5, 5.41) is 3.14. The van der Waals surface area contributed by atoms with Crippen LogP contribution in [0, 0.1) is 0 Å². The SMILES string of the molecule is COc1nc(-c2ccc(OC)c(Cl)c2)cs1. The van der Waals surface area contributed by atoms with Gasteiger partial charge in [0.15, 0.2) is 0 Å². The van der Waals surface area contributed by atoms with E-state index in [2.05, 4.69) is 4.98 Å². The molecule has 16 heavy (non-hydrogen) atoms. The average molecular weight is 256 g/mol. The molecule has 1 aromatic heterocycles. The van der Waals surface area contributed by atoms with E-state index in [1.807, 2.05) is 23.6 Å². The average Bonchev–Trinajstić information content (AvgIpc) is 2.77. The van der Waals surface area contributed by atoms with Crippen LogP contribution in [-0.2, 0) is 0 Å². The van der Waals surface area contributed by atoms with Gasteiger partial charge in [-0.3, -0.25) is 0 Å². The minimum Gasteiger partial charge on any atom is -0.495 e. The van der Waals surface area contributed by atoms with Crippen molar-refractivity contribution in [3.63, 3.8) is 0 Å². The van der Waals surface area contributed by atoms with Crippen LogP contribution in [0.2, 0.25) is 5.02 Å². The van der Waals surface area contributed by atoms with Gasteiger partial charge in [0.2, 0.25) is 0 Å². The summed E-state index contributed by atoms with van der Waals surface area (Å²) in [6.45, 7) is 0. The van der Waals surface area contributed by atoms with Gasteiger partial charge in [0, 0.05) is 10.9 Å². The topological polar surface area (TPSA) is 31.4 Å². The second kappa shape index (κ2) is 4.72. The number of aromatic nitrogens is 1. The summed E-state index contributed by atoms with van der Waals surface area (Å²) in [6, 6.07) is 5.57. The first kappa shape index (κ1) is 11.2. The van der Waals surface area contributed by atoms with Crippen molar-refractivity contribution < 1.29 is 9.47 Å². The Balaban J connectivity index is 2.37. The summed E-state index contributed by atoms with van der Waals surface area (Å²) in [6.07, 6.45) is 0. The number of methoxy groups -OCH3 is 2. The predicted molar refractivity (Wildman–Crippen MR) is 65.7 cm³/mol. The Hall–Kier alpha value is -1.26. The molecule has 1 heterocycles.